The first-order valence-electron chi connectivity index (χ1n) is 3.99. The van der Waals surface area contributed by atoms with Crippen molar-refractivity contribution in [2.75, 3.05) is 12.0 Å². The molecule has 0 spiro atoms. The Kier molecular flexibility index (Phi) is 1.55. The third kappa shape index (κ3) is 1.10. The highest BCUT2D eigenvalue weighted by Gasteiger charge is 2.14. The van der Waals surface area contributed by atoms with Gasteiger partial charge in [-0.1, -0.05) is 25.1 Å². The van der Waals surface area contributed by atoms with Crippen LogP contribution in [0, 0.1) is 0 Å². The molecule has 0 aliphatic carbocycles. The van der Waals surface area contributed by atoms with Crippen molar-refractivity contribution in [3.05, 3.63) is 29.8 Å². The molecule has 2 nitrogen and oxygen atoms in total. The van der Waals surface area contributed by atoms with Gasteiger partial charge in [-0.25, -0.2) is 5.01 Å². The molecule has 1 N–H and O–H groups in total. The summed E-state index contributed by atoms with van der Waals surface area (Å²) >= 11 is 0. The third-order valence-electron chi connectivity index (χ3n) is 2.04. The SMILES string of the molecule is CCN1Cc2ccccc2N1. The fraction of sp³-hybridized carbons (Fsp3) is 0.333. The second-order valence-corrected chi connectivity index (χ2v) is 2.78. The molecule has 2 heteroatoms. The topological polar surface area (TPSA) is 15.3 Å². The fourth-order valence-electron chi connectivity index (χ4n) is 1.37. The summed E-state index contributed by atoms with van der Waals surface area (Å²) in [7, 11) is 0. The van der Waals surface area contributed by atoms with Crippen LogP contribution >= 0.6 is 0 Å². The number of rotatable bonds is 1. The van der Waals surface area contributed by atoms with Gasteiger partial charge < -0.3 is 5.43 Å². The molecule has 0 bridgehead atoms. The minimum Gasteiger partial charge on any atom is -0.318 e. The van der Waals surface area contributed by atoms with Gasteiger partial charge in [-0.3, -0.25) is 0 Å². The molecule has 1 aromatic carbocycles. The van der Waals surface area contributed by atoms with Crippen LogP contribution in [0.15, 0.2) is 24.3 Å². The summed E-state index contributed by atoms with van der Waals surface area (Å²) in [6.07, 6.45) is 0. The van der Waals surface area contributed by atoms with E-state index in [-0.39, 0.29) is 0 Å². The second-order valence-electron chi connectivity index (χ2n) is 2.78. The molecule has 1 aliphatic rings. The van der Waals surface area contributed by atoms with E-state index < -0.39 is 0 Å². The van der Waals surface area contributed by atoms with Gasteiger partial charge in [-0.05, 0) is 11.6 Å². The van der Waals surface area contributed by atoms with Gasteiger partial charge >= 0.3 is 0 Å². The van der Waals surface area contributed by atoms with Gasteiger partial charge in [0.1, 0.15) is 0 Å². The quantitative estimate of drug-likeness (QED) is 0.653. The standard InChI is InChI=1S/C9H12N2/c1-2-11-7-8-5-3-4-6-9(8)10-11/h3-6,10H,2,7H2,1H3. The number of para-hydroxylation sites is 1. The zero-order chi connectivity index (χ0) is 7.68. The first-order valence-corrected chi connectivity index (χ1v) is 3.99. The van der Waals surface area contributed by atoms with E-state index in [1.165, 1.54) is 11.3 Å². The highest BCUT2D eigenvalue weighted by molar-refractivity contribution is 5.53. The molecule has 0 fully saturated rings. The van der Waals surface area contributed by atoms with Crippen molar-refractivity contribution in [2.24, 2.45) is 0 Å². The average molecular weight is 148 g/mol. The van der Waals surface area contributed by atoms with E-state index in [0.29, 0.717) is 0 Å². The normalized spacial score (nSPS) is 16.1. The van der Waals surface area contributed by atoms with Gasteiger partial charge in [0, 0.05) is 13.1 Å². The molecule has 0 amide bonds. The lowest BCUT2D eigenvalue weighted by Crippen LogP contribution is -2.22. The molecule has 0 unspecified atom stereocenters. The Morgan fingerprint density at radius 2 is 2.27 bits per heavy atom. The molecule has 1 aliphatic heterocycles. The van der Waals surface area contributed by atoms with Crippen LogP contribution in [0.5, 0.6) is 0 Å². The van der Waals surface area contributed by atoms with Gasteiger partial charge in [0.2, 0.25) is 0 Å². The minimum atomic E-state index is 1.03. The van der Waals surface area contributed by atoms with Crippen molar-refractivity contribution in [3.8, 4) is 0 Å². The van der Waals surface area contributed by atoms with Crippen molar-refractivity contribution < 1.29 is 0 Å². The smallest absolute Gasteiger partial charge is 0.0535 e. The molecule has 11 heavy (non-hydrogen) atoms. The molecule has 0 atom stereocenters. The maximum Gasteiger partial charge on any atom is 0.0535 e. The summed E-state index contributed by atoms with van der Waals surface area (Å²) < 4.78 is 0. The van der Waals surface area contributed by atoms with Crippen molar-refractivity contribution in [3.63, 3.8) is 0 Å². The number of hydrogen-bond acceptors (Lipinski definition) is 2. The highest BCUT2D eigenvalue weighted by Crippen LogP contribution is 2.23. The summed E-state index contributed by atoms with van der Waals surface area (Å²) in [4.78, 5) is 0. The Labute approximate surface area is 66.8 Å². The van der Waals surface area contributed by atoms with Crippen LogP contribution in [0.25, 0.3) is 0 Å². The number of nitrogens with one attached hydrogen (secondary N) is 1. The molecular weight excluding hydrogens is 136 g/mol. The van der Waals surface area contributed by atoms with Gasteiger partial charge in [0.05, 0.1) is 5.69 Å². The lowest BCUT2D eigenvalue weighted by Gasteiger charge is -2.11. The van der Waals surface area contributed by atoms with Crippen LogP contribution < -0.4 is 5.43 Å². The van der Waals surface area contributed by atoms with E-state index >= 15 is 0 Å². The predicted molar refractivity (Wildman–Crippen MR) is 46.1 cm³/mol. The lowest BCUT2D eigenvalue weighted by molar-refractivity contribution is 0.363. The summed E-state index contributed by atoms with van der Waals surface area (Å²) in [5, 5.41) is 2.20. The summed E-state index contributed by atoms with van der Waals surface area (Å²) in [5.74, 6) is 0. The van der Waals surface area contributed by atoms with Crippen LogP contribution in [-0.2, 0) is 6.54 Å². The van der Waals surface area contributed by atoms with E-state index in [2.05, 4.69) is 41.6 Å². The van der Waals surface area contributed by atoms with Crippen LogP contribution in [-0.4, -0.2) is 11.6 Å². The molecule has 1 aromatic rings. The molecule has 0 saturated carbocycles. The number of hydrazine groups is 1. The second kappa shape index (κ2) is 2.55. The van der Waals surface area contributed by atoms with Gasteiger partial charge in [0.25, 0.3) is 0 Å². The van der Waals surface area contributed by atoms with E-state index in [1.807, 2.05) is 0 Å². The zero-order valence-corrected chi connectivity index (χ0v) is 6.67. The van der Waals surface area contributed by atoms with E-state index in [9.17, 15) is 0 Å². The van der Waals surface area contributed by atoms with Crippen LogP contribution in [0.4, 0.5) is 5.69 Å². The average Bonchev–Trinajstić information content (AvgIpc) is 2.46. The number of anilines is 1. The van der Waals surface area contributed by atoms with Crippen molar-refractivity contribution in [1.29, 1.82) is 0 Å². The molecule has 58 valence electrons. The Morgan fingerprint density at radius 3 is 3.00 bits per heavy atom. The molecule has 0 saturated heterocycles. The van der Waals surface area contributed by atoms with Crippen molar-refractivity contribution in [1.82, 2.24) is 5.01 Å². The predicted octanol–water partition coefficient (Wildman–Crippen LogP) is 1.85. The Balaban J connectivity index is 2.27. The van der Waals surface area contributed by atoms with Crippen LogP contribution in [0.1, 0.15) is 12.5 Å². The van der Waals surface area contributed by atoms with Gasteiger partial charge in [0.15, 0.2) is 0 Å². The Bertz CT molecular complexity index is 232. The molecule has 0 radical (unpaired) electrons. The fourth-order valence-corrected chi connectivity index (χ4v) is 1.37. The van der Waals surface area contributed by atoms with Crippen molar-refractivity contribution in [2.45, 2.75) is 13.5 Å². The molecule has 2 rings (SSSR count). The Hall–Kier alpha value is -1.02. The highest BCUT2D eigenvalue weighted by atomic mass is 15.5. The minimum absolute atomic E-state index is 1.03. The molecule has 0 aromatic heterocycles. The summed E-state index contributed by atoms with van der Waals surface area (Å²) in [6, 6.07) is 8.42. The zero-order valence-electron chi connectivity index (χ0n) is 6.67. The van der Waals surface area contributed by atoms with Crippen LogP contribution in [0.3, 0.4) is 0 Å². The van der Waals surface area contributed by atoms with Crippen LogP contribution in [0.2, 0.25) is 0 Å². The number of hydrogen-bond donors (Lipinski definition) is 1. The first kappa shape index (κ1) is 6.68. The number of nitrogens with zero attached hydrogens (tertiary/aromatic N) is 1. The number of fused-ring (bicyclic) bond motifs is 1. The molecule has 1 heterocycles. The maximum atomic E-state index is 3.32. The Morgan fingerprint density at radius 1 is 1.45 bits per heavy atom. The monoisotopic (exact) mass is 148 g/mol. The number of benzene rings is 1. The largest absolute Gasteiger partial charge is 0.318 e. The van der Waals surface area contributed by atoms with E-state index in [1.54, 1.807) is 0 Å². The maximum absolute atomic E-state index is 3.32. The van der Waals surface area contributed by atoms with E-state index in [4.69, 9.17) is 0 Å². The molecular formula is C9H12N2. The lowest BCUT2D eigenvalue weighted by atomic mass is 10.2. The van der Waals surface area contributed by atoms with E-state index in [0.717, 1.165) is 13.1 Å². The van der Waals surface area contributed by atoms with Crippen molar-refractivity contribution >= 4 is 5.69 Å². The first-order chi connectivity index (χ1) is 5.40. The third-order valence-corrected chi connectivity index (χ3v) is 2.04. The van der Waals surface area contributed by atoms with Gasteiger partial charge in [-0.2, -0.15) is 0 Å². The summed E-state index contributed by atoms with van der Waals surface area (Å²) in [5.41, 5.74) is 5.97. The van der Waals surface area contributed by atoms with Gasteiger partial charge in [-0.15, -0.1) is 0 Å². The summed E-state index contributed by atoms with van der Waals surface area (Å²) in [6.45, 7) is 4.24.